The van der Waals surface area contributed by atoms with Crippen molar-refractivity contribution in [3.05, 3.63) is 29.0 Å². The SMILES string of the molecule is CC(NC(=O)NCc1ccc(Cl)nc1)C1CC1. The molecular weight excluding hydrogens is 238 g/mol. The number of rotatable bonds is 4. The lowest BCUT2D eigenvalue weighted by molar-refractivity contribution is 0.236. The van der Waals surface area contributed by atoms with Gasteiger partial charge >= 0.3 is 6.03 Å². The van der Waals surface area contributed by atoms with Gasteiger partial charge in [0.1, 0.15) is 5.15 Å². The quantitative estimate of drug-likeness (QED) is 0.810. The number of halogens is 1. The fourth-order valence-corrected chi connectivity index (χ4v) is 1.78. The van der Waals surface area contributed by atoms with Crippen molar-refractivity contribution in [3.63, 3.8) is 0 Å². The summed E-state index contributed by atoms with van der Waals surface area (Å²) < 4.78 is 0. The molecule has 0 saturated heterocycles. The molecule has 1 saturated carbocycles. The van der Waals surface area contributed by atoms with Crippen LogP contribution in [0.25, 0.3) is 0 Å². The molecule has 1 aliphatic rings. The molecule has 0 aliphatic heterocycles. The van der Waals surface area contributed by atoms with Crippen molar-refractivity contribution in [2.24, 2.45) is 5.92 Å². The van der Waals surface area contributed by atoms with Crippen LogP contribution in [0.5, 0.6) is 0 Å². The number of aromatic nitrogens is 1. The lowest BCUT2D eigenvalue weighted by atomic mass is 10.2. The summed E-state index contributed by atoms with van der Waals surface area (Å²) >= 11 is 5.67. The minimum Gasteiger partial charge on any atom is -0.335 e. The van der Waals surface area contributed by atoms with E-state index in [9.17, 15) is 4.79 Å². The summed E-state index contributed by atoms with van der Waals surface area (Å²) in [6, 6.07) is 3.70. The highest BCUT2D eigenvalue weighted by Gasteiger charge is 2.28. The number of amides is 2. The second-order valence-electron chi connectivity index (χ2n) is 4.44. The Morgan fingerprint density at radius 3 is 2.94 bits per heavy atom. The zero-order valence-corrected chi connectivity index (χ0v) is 10.5. The molecule has 1 fully saturated rings. The molecule has 0 radical (unpaired) electrons. The molecule has 2 amide bonds. The van der Waals surface area contributed by atoms with Crippen molar-refractivity contribution < 1.29 is 4.79 Å². The molecule has 1 aromatic heterocycles. The van der Waals surface area contributed by atoms with Crippen molar-refractivity contribution in [1.82, 2.24) is 15.6 Å². The Morgan fingerprint density at radius 1 is 1.59 bits per heavy atom. The van der Waals surface area contributed by atoms with Gasteiger partial charge in [0.2, 0.25) is 0 Å². The number of carbonyl (C=O) groups excluding carboxylic acids is 1. The van der Waals surface area contributed by atoms with E-state index >= 15 is 0 Å². The number of pyridine rings is 1. The van der Waals surface area contributed by atoms with Gasteiger partial charge in [-0.3, -0.25) is 0 Å². The van der Waals surface area contributed by atoms with Crippen LogP contribution in [0, 0.1) is 5.92 Å². The van der Waals surface area contributed by atoms with E-state index in [-0.39, 0.29) is 12.1 Å². The third kappa shape index (κ3) is 3.89. The Balaban J connectivity index is 1.73. The minimum absolute atomic E-state index is 0.126. The number of nitrogens with one attached hydrogen (secondary N) is 2. The van der Waals surface area contributed by atoms with Crippen molar-refractivity contribution in [1.29, 1.82) is 0 Å². The normalized spacial score (nSPS) is 16.4. The maximum Gasteiger partial charge on any atom is 0.315 e. The molecule has 1 aliphatic carbocycles. The molecule has 92 valence electrons. The van der Waals surface area contributed by atoms with Gasteiger partial charge in [0.25, 0.3) is 0 Å². The summed E-state index contributed by atoms with van der Waals surface area (Å²) in [7, 11) is 0. The number of carbonyl (C=O) groups is 1. The van der Waals surface area contributed by atoms with E-state index in [2.05, 4.69) is 15.6 Å². The molecule has 1 heterocycles. The van der Waals surface area contributed by atoms with Crippen molar-refractivity contribution >= 4 is 17.6 Å². The molecule has 1 atom stereocenters. The molecule has 4 nitrogen and oxygen atoms in total. The van der Waals surface area contributed by atoms with E-state index in [1.165, 1.54) is 12.8 Å². The van der Waals surface area contributed by atoms with E-state index in [4.69, 9.17) is 11.6 Å². The van der Waals surface area contributed by atoms with Crippen LogP contribution in [0.2, 0.25) is 5.15 Å². The summed E-state index contributed by atoms with van der Waals surface area (Å²) in [4.78, 5) is 15.5. The fourth-order valence-electron chi connectivity index (χ4n) is 1.67. The molecular formula is C12H16ClN3O. The first-order chi connectivity index (χ1) is 8.15. The van der Waals surface area contributed by atoms with E-state index < -0.39 is 0 Å². The summed E-state index contributed by atoms with van der Waals surface area (Å²) in [6.07, 6.45) is 4.11. The molecule has 1 unspecified atom stereocenters. The Hall–Kier alpha value is -1.29. The van der Waals surface area contributed by atoms with Crippen LogP contribution in [0.15, 0.2) is 18.3 Å². The molecule has 17 heavy (non-hydrogen) atoms. The maximum atomic E-state index is 11.6. The topological polar surface area (TPSA) is 54.0 Å². The third-order valence-electron chi connectivity index (χ3n) is 2.93. The number of nitrogens with zero attached hydrogens (tertiary/aromatic N) is 1. The molecule has 2 rings (SSSR count). The maximum absolute atomic E-state index is 11.6. The Bertz CT molecular complexity index is 389. The van der Waals surface area contributed by atoms with Gasteiger partial charge in [0.05, 0.1) is 0 Å². The van der Waals surface area contributed by atoms with Crippen molar-refractivity contribution in [2.75, 3.05) is 0 Å². The largest absolute Gasteiger partial charge is 0.335 e. The highest BCUT2D eigenvalue weighted by Crippen LogP contribution is 2.32. The van der Waals surface area contributed by atoms with Crippen LogP contribution in [-0.4, -0.2) is 17.1 Å². The zero-order valence-electron chi connectivity index (χ0n) is 9.74. The number of urea groups is 1. The molecule has 1 aromatic rings. The summed E-state index contributed by atoms with van der Waals surface area (Å²) in [6.45, 7) is 2.51. The molecule has 0 bridgehead atoms. The summed E-state index contributed by atoms with van der Waals surface area (Å²) in [5, 5.41) is 6.18. The molecule has 0 aromatic carbocycles. The lowest BCUT2D eigenvalue weighted by Gasteiger charge is -2.13. The van der Waals surface area contributed by atoms with Crippen molar-refractivity contribution in [3.8, 4) is 0 Å². The van der Waals surface area contributed by atoms with E-state index in [0.717, 1.165) is 5.56 Å². The summed E-state index contributed by atoms with van der Waals surface area (Å²) in [5.41, 5.74) is 0.934. The standard InChI is InChI=1S/C12H16ClN3O/c1-8(10-3-4-10)16-12(17)15-7-9-2-5-11(13)14-6-9/h2,5-6,8,10H,3-4,7H2,1H3,(H2,15,16,17). The Kier molecular flexibility index (Phi) is 3.84. The van der Waals surface area contributed by atoms with Gasteiger partial charge < -0.3 is 10.6 Å². The van der Waals surface area contributed by atoms with Gasteiger partial charge in [-0.25, -0.2) is 9.78 Å². The first kappa shape index (κ1) is 12.2. The van der Waals surface area contributed by atoms with Crippen LogP contribution < -0.4 is 10.6 Å². The zero-order chi connectivity index (χ0) is 12.3. The lowest BCUT2D eigenvalue weighted by Crippen LogP contribution is -2.41. The van der Waals surface area contributed by atoms with E-state index in [1.54, 1.807) is 12.3 Å². The Morgan fingerprint density at radius 2 is 2.35 bits per heavy atom. The highest BCUT2D eigenvalue weighted by atomic mass is 35.5. The van der Waals surface area contributed by atoms with E-state index in [1.807, 2.05) is 13.0 Å². The van der Waals surface area contributed by atoms with Crippen LogP contribution in [0.4, 0.5) is 4.79 Å². The molecule has 0 spiro atoms. The van der Waals surface area contributed by atoms with E-state index in [0.29, 0.717) is 17.6 Å². The van der Waals surface area contributed by atoms with Gasteiger partial charge in [-0.15, -0.1) is 0 Å². The van der Waals surface area contributed by atoms with Gasteiger partial charge in [0.15, 0.2) is 0 Å². The fraction of sp³-hybridized carbons (Fsp3) is 0.500. The smallest absolute Gasteiger partial charge is 0.315 e. The minimum atomic E-state index is -0.126. The predicted molar refractivity (Wildman–Crippen MR) is 66.8 cm³/mol. The second kappa shape index (κ2) is 5.36. The second-order valence-corrected chi connectivity index (χ2v) is 4.83. The average Bonchev–Trinajstić information content (AvgIpc) is 3.12. The van der Waals surface area contributed by atoms with Crippen LogP contribution in [0.1, 0.15) is 25.3 Å². The van der Waals surface area contributed by atoms with Crippen LogP contribution >= 0.6 is 11.6 Å². The molecule has 2 N–H and O–H groups in total. The predicted octanol–water partition coefficient (Wildman–Crippen LogP) is 2.33. The van der Waals surface area contributed by atoms with Gasteiger partial charge in [-0.2, -0.15) is 0 Å². The Labute approximate surface area is 106 Å². The first-order valence-electron chi connectivity index (χ1n) is 5.80. The van der Waals surface area contributed by atoms with Crippen molar-refractivity contribution in [2.45, 2.75) is 32.4 Å². The first-order valence-corrected chi connectivity index (χ1v) is 6.18. The van der Waals surface area contributed by atoms with Gasteiger partial charge in [0, 0.05) is 18.8 Å². The van der Waals surface area contributed by atoms with Gasteiger partial charge in [-0.05, 0) is 37.3 Å². The van der Waals surface area contributed by atoms with Gasteiger partial charge in [-0.1, -0.05) is 17.7 Å². The monoisotopic (exact) mass is 253 g/mol. The van der Waals surface area contributed by atoms with Crippen LogP contribution in [0.3, 0.4) is 0 Å². The summed E-state index contributed by atoms with van der Waals surface area (Å²) in [5.74, 6) is 0.665. The molecule has 5 heteroatoms. The third-order valence-corrected chi connectivity index (χ3v) is 3.15. The highest BCUT2D eigenvalue weighted by molar-refractivity contribution is 6.29. The average molecular weight is 254 g/mol. The number of hydrogen-bond acceptors (Lipinski definition) is 2. The number of hydrogen-bond donors (Lipinski definition) is 2. The van der Waals surface area contributed by atoms with Crippen LogP contribution in [-0.2, 0) is 6.54 Å².